The molecule has 1 saturated heterocycles. The van der Waals surface area contributed by atoms with Crippen LogP contribution in [-0.2, 0) is 16.8 Å². The van der Waals surface area contributed by atoms with Crippen molar-refractivity contribution in [1.29, 1.82) is 0 Å². The van der Waals surface area contributed by atoms with Crippen LogP contribution in [-0.4, -0.2) is 25.8 Å². The molecule has 1 aliphatic rings. The van der Waals surface area contributed by atoms with Gasteiger partial charge in [0, 0.05) is 19.6 Å². The first-order chi connectivity index (χ1) is 9.42. The molecule has 0 bridgehead atoms. The molecule has 0 saturated carbocycles. The fourth-order valence-corrected chi connectivity index (χ4v) is 3.73. The van der Waals surface area contributed by atoms with Crippen molar-refractivity contribution in [2.24, 2.45) is 11.7 Å². The quantitative estimate of drug-likeness (QED) is 0.888. The fraction of sp³-hybridized carbons (Fsp3) is 0.538. The Balaban J connectivity index is 2.15. The van der Waals surface area contributed by atoms with Crippen molar-refractivity contribution in [1.82, 2.24) is 4.31 Å². The predicted octanol–water partition coefficient (Wildman–Crippen LogP) is 1.67. The number of nitrogens with zero attached hydrogens (tertiary/aromatic N) is 1. The summed E-state index contributed by atoms with van der Waals surface area (Å²) in [5.41, 5.74) is 6.00. The molecule has 7 heteroatoms. The highest BCUT2D eigenvalue weighted by molar-refractivity contribution is 7.90. The van der Waals surface area contributed by atoms with E-state index in [4.69, 9.17) is 5.73 Å². The molecule has 0 radical (unpaired) electrons. The molecular weight excluding hydrogens is 281 g/mol. The molecule has 1 heterocycles. The first-order valence-corrected chi connectivity index (χ1v) is 8.13. The Morgan fingerprint density at radius 3 is 2.85 bits per heavy atom. The number of piperidine rings is 1. The van der Waals surface area contributed by atoms with Gasteiger partial charge in [-0.3, -0.25) is 4.72 Å². The zero-order valence-electron chi connectivity index (χ0n) is 11.5. The van der Waals surface area contributed by atoms with Gasteiger partial charge >= 0.3 is 10.2 Å². The largest absolute Gasteiger partial charge is 0.326 e. The van der Waals surface area contributed by atoms with Crippen molar-refractivity contribution >= 4 is 15.9 Å². The minimum atomic E-state index is -3.70. The Hall–Kier alpha value is -1.18. The van der Waals surface area contributed by atoms with Gasteiger partial charge in [0.2, 0.25) is 0 Å². The zero-order chi connectivity index (χ0) is 14.8. The van der Waals surface area contributed by atoms with Crippen LogP contribution < -0.4 is 10.5 Å². The van der Waals surface area contributed by atoms with Gasteiger partial charge in [0.25, 0.3) is 0 Å². The topological polar surface area (TPSA) is 75.4 Å². The van der Waals surface area contributed by atoms with Gasteiger partial charge in [-0.05, 0) is 36.5 Å². The standard InChI is InChI=1S/C13H20FN3O2S/c1-10-3-2-6-17(9-10)20(18,19)16-13-5-4-11(8-15)7-12(13)14/h4-5,7,10,16H,2-3,6,8-9,15H2,1H3. The SMILES string of the molecule is CC1CCCN(S(=O)(=O)Nc2ccc(CN)cc2F)C1. The van der Waals surface area contributed by atoms with E-state index in [-0.39, 0.29) is 12.2 Å². The maximum Gasteiger partial charge on any atom is 0.301 e. The minimum Gasteiger partial charge on any atom is -0.326 e. The van der Waals surface area contributed by atoms with Crippen LogP contribution in [0.25, 0.3) is 0 Å². The van der Waals surface area contributed by atoms with E-state index in [1.54, 1.807) is 6.07 Å². The number of benzene rings is 1. The van der Waals surface area contributed by atoms with E-state index in [1.165, 1.54) is 16.4 Å². The third-order valence-electron chi connectivity index (χ3n) is 3.47. The van der Waals surface area contributed by atoms with Crippen LogP contribution in [0.2, 0.25) is 0 Å². The number of halogens is 1. The second-order valence-corrected chi connectivity index (χ2v) is 6.90. The van der Waals surface area contributed by atoms with Crippen LogP contribution in [0.1, 0.15) is 25.3 Å². The fourth-order valence-electron chi connectivity index (χ4n) is 2.34. The molecule has 1 unspecified atom stereocenters. The summed E-state index contributed by atoms with van der Waals surface area (Å²) >= 11 is 0. The summed E-state index contributed by atoms with van der Waals surface area (Å²) in [5.74, 6) is -0.286. The summed E-state index contributed by atoms with van der Waals surface area (Å²) in [6.45, 7) is 3.17. The average molecular weight is 301 g/mol. The number of hydrogen-bond donors (Lipinski definition) is 2. The lowest BCUT2D eigenvalue weighted by molar-refractivity contribution is 0.282. The first kappa shape index (κ1) is 15.2. The van der Waals surface area contributed by atoms with E-state index in [9.17, 15) is 12.8 Å². The minimum absolute atomic E-state index is 0.0413. The summed E-state index contributed by atoms with van der Waals surface area (Å²) in [6, 6.07) is 4.26. The normalized spacial score (nSPS) is 20.9. The van der Waals surface area contributed by atoms with E-state index in [0.29, 0.717) is 24.6 Å². The van der Waals surface area contributed by atoms with Crippen LogP contribution in [0, 0.1) is 11.7 Å². The maximum absolute atomic E-state index is 13.8. The lowest BCUT2D eigenvalue weighted by Crippen LogP contribution is -2.42. The summed E-state index contributed by atoms with van der Waals surface area (Å²) in [5, 5.41) is 0. The number of rotatable bonds is 4. The molecule has 0 spiro atoms. The van der Waals surface area contributed by atoms with Crippen LogP contribution in [0.3, 0.4) is 0 Å². The molecule has 1 fully saturated rings. The molecule has 0 aromatic heterocycles. The van der Waals surface area contributed by atoms with Crippen molar-refractivity contribution < 1.29 is 12.8 Å². The number of anilines is 1. The number of nitrogens with two attached hydrogens (primary N) is 1. The lowest BCUT2D eigenvalue weighted by Gasteiger charge is -2.30. The Kier molecular flexibility index (Phi) is 4.62. The molecule has 20 heavy (non-hydrogen) atoms. The van der Waals surface area contributed by atoms with Gasteiger partial charge in [-0.25, -0.2) is 4.39 Å². The van der Waals surface area contributed by atoms with Crippen LogP contribution >= 0.6 is 0 Å². The van der Waals surface area contributed by atoms with Crippen LogP contribution in [0.4, 0.5) is 10.1 Å². The van der Waals surface area contributed by atoms with Gasteiger partial charge in [0.1, 0.15) is 5.82 Å². The lowest BCUT2D eigenvalue weighted by atomic mass is 10.0. The highest BCUT2D eigenvalue weighted by Gasteiger charge is 2.27. The molecule has 2 rings (SSSR count). The molecule has 0 aliphatic carbocycles. The maximum atomic E-state index is 13.8. The molecule has 1 aliphatic heterocycles. The van der Waals surface area contributed by atoms with Crippen molar-refractivity contribution in [3.05, 3.63) is 29.6 Å². The molecule has 0 amide bonds. The third kappa shape index (κ3) is 3.47. The highest BCUT2D eigenvalue weighted by Crippen LogP contribution is 2.22. The molecule has 112 valence electrons. The van der Waals surface area contributed by atoms with Crippen molar-refractivity contribution in [2.45, 2.75) is 26.3 Å². The highest BCUT2D eigenvalue weighted by atomic mass is 32.2. The molecule has 1 atom stereocenters. The van der Waals surface area contributed by atoms with Gasteiger partial charge in [0.15, 0.2) is 0 Å². The van der Waals surface area contributed by atoms with Gasteiger partial charge in [-0.1, -0.05) is 13.0 Å². The van der Waals surface area contributed by atoms with Crippen molar-refractivity contribution in [3.63, 3.8) is 0 Å². The van der Waals surface area contributed by atoms with Crippen LogP contribution in [0.5, 0.6) is 0 Å². The van der Waals surface area contributed by atoms with E-state index in [2.05, 4.69) is 4.72 Å². The molecule has 5 nitrogen and oxygen atoms in total. The molecule has 3 N–H and O–H groups in total. The van der Waals surface area contributed by atoms with E-state index >= 15 is 0 Å². The molecule has 1 aromatic carbocycles. The molecular formula is C13H20FN3O2S. The third-order valence-corrected chi connectivity index (χ3v) is 4.96. The van der Waals surface area contributed by atoms with Gasteiger partial charge < -0.3 is 5.73 Å². The summed E-state index contributed by atoms with van der Waals surface area (Å²) in [7, 11) is -3.70. The Morgan fingerprint density at radius 1 is 1.50 bits per heavy atom. The van der Waals surface area contributed by atoms with Crippen molar-refractivity contribution in [3.8, 4) is 0 Å². The Morgan fingerprint density at radius 2 is 2.25 bits per heavy atom. The second-order valence-electron chi connectivity index (χ2n) is 5.23. The van der Waals surface area contributed by atoms with Gasteiger partial charge in [-0.15, -0.1) is 0 Å². The first-order valence-electron chi connectivity index (χ1n) is 6.69. The van der Waals surface area contributed by atoms with E-state index in [1.807, 2.05) is 6.92 Å². The van der Waals surface area contributed by atoms with Crippen LogP contribution in [0.15, 0.2) is 18.2 Å². The monoisotopic (exact) mass is 301 g/mol. The van der Waals surface area contributed by atoms with E-state index in [0.717, 1.165) is 12.8 Å². The Labute approximate surface area is 119 Å². The zero-order valence-corrected chi connectivity index (χ0v) is 12.3. The number of nitrogens with one attached hydrogen (secondary N) is 1. The molecule has 1 aromatic rings. The van der Waals surface area contributed by atoms with Gasteiger partial charge in [0.05, 0.1) is 5.69 Å². The van der Waals surface area contributed by atoms with Gasteiger partial charge in [-0.2, -0.15) is 12.7 Å². The summed E-state index contributed by atoms with van der Waals surface area (Å²) in [4.78, 5) is 0. The second kappa shape index (κ2) is 6.07. The summed E-state index contributed by atoms with van der Waals surface area (Å²) < 4.78 is 42.0. The Bertz CT molecular complexity index is 577. The number of hydrogen-bond acceptors (Lipinski definition) is 3. The smallest absolute Gasteiger partial charge is 0.301 e. The predicted molar refractivity (Wildman–Crippen MR) is 76.8 cm³/mol. The average Bonchev–Trinajstić information content (AvgIpc) is 2.41. The summed E-state index contributed by atoms with van der Waals surface area (Å²) in [6.07, 6.45) is 1.85. The van der Waals surface area contributed by atoms with E-state index < -0.39 is 16.0 Å². The van der Waals surface area contributed by atoms with Crippen molar-refractivity contribution in [2.75, 3.05) is 17.8 Å².